The van der Waals surface area contributed by atoms with E-state index in [4.69, 9.17) is 0 Å². The van der Waals surface area contributed by atoms with Crippen LogP contribution in [0.5, 0.6) is 0 Å². The number of rotatable bonds is 4. The molecular formula is C16H21NS. The Morgan fingerprint density at radius 1 is 1.11 bits per heavy atom. The summed E-state index contributed by atoms with van der Waals surface area (Å²) < 4.78 is 0. The van der Waals surface area contributed by atoms with Crippen molar-refractivity contribution in [3.05, 3.63) is 45.6 Å². The van der Waals surface area contributed by atoms with E-state index in [1.54, 1.807) is 0 Å². The Hall–Kier alpha value is -1.12. The molecule has 2 heteroatoms. The Morgan fingerprint density at radius 3 is 2.39 bits per heavy atom. The maximum Gasteiger partial charge on any atom is 0.0222 e. The largest absolute Gasteiger partial charge is 0.310 e. The third-order valence-corrected chi connectivity index (χ3v) is 4.05. The first-order valence-corrected chi connectivity index (χ1v) is 7.33. The van der Waals surface area contributed by atoms with Crippen LogP contribution in [-0.4, -0.2) is 6.04 Å². The van der Waals surface area contributed by atoms with Crippen molar-refractivity contribution < 1.29 is 0 Å². The zero-order chi connectivity index (χ0) is 13.1. The molecule has 1 aromatic heterocycles. The van der Waals surface area contributed by atoms with Gasteiger partial charge >= 0.3 is 0 Å². The van der Waals surface area contributed by atoms with E-state index in [0.29, 0.717) is 6.04 Å². The molecule has 96 valence electrons. The molecule has 0 spiro atoms. The molecule has 0 unspecified atom stereocenters. The van der Waals surface area contributed by atoms with Crippen LogP contribution >= 0.6 is 11.3 Å². The number of hydrogen-bond acceptors (Lipinski definition) is 2. The van der Waals surface area contributed by atoms with E-state index in [2.05, 4.69) is 62.7 Å². The normalized spacial score (nSPS) is 11.2. The van der Waals surface area contributed by atoms with Crippen LogP contribution in [-0.2, 0) is 6.54 Å². The van der Waals surface area contributed by atoms with Crippen LogP contribution in [0.25, 0.3) is 11.1 Å². The summed E-state index contributed by atoms with van der Waals surface area (Å²) in [5, 5.41) is 5.78. The molecule has 1 heterocycles. The minimum absolute atomic E-state index is 0.524. The molecular weight excluding hydrogens is 238 g/mol. The van der Waals surface area contributed by atoms with E-state index >= 15 is 0 Å². The minimum atomic E-state index is 0.524. The van der Waals surface area contributed by atoms with Gasteiger partial charge in [0.25, 0.3) is 0 Å². The van der Waals surface area contributed by atoms with Crippen LogP contribution < -0.4 is 5.32 Å². The van der Waals surface area contributed by atoms with Gasteiger partial charge in [-0.05, 0) is 35.9 Å². The van der Waals surface area contributed by atoms with Gasteiger partial charge in [-0.2, -0.15) is 0 Å². The molecule has 18 heavy (non-hydrogen) atoms. The average Bonchev–Trinajstić information content (AvgIpc) is 2.69. The fraction of sp³-hybridized carbons (Fsp3) is 0.375. The number of nitrogens with one attached hydrogen (secondary N) is 1. The lowest BCUT2D eigenvalue weighted by Crippen LogP contribution is -2.21. The zero-order valence-electron chi connectivity index (χ0n) is 11.6. The lowest BCUT2D eigenvalue weighted by Gasteiger charge is -2.10. The van der Waals surface area contributed by atoms with Gasteiger partial charge in [0, 0.05) is 17.5 Å². The lowest BCUT2D eigenvalue weighted by molar-refractivity contribution is 0.590. The Morgan fingerprint density at radius 2 is 1.78 bits per heavy atom. The van der Waals surface area contributed by atoms with E-state index in [1.807, 2.05) is 11.3 Å². The highest BCUT2D eigenvalue weighted by Gasteiger charge is 2.10. The highest BCUT2D eigenvalue weighted by atomic mass is 32.1. The molecule has 0 atom stereocenters. The molecule has 0 bridgehead atoms. The Kier molecular flexibility index (Phi) is 4.20. The molecule has 0 radical (unpaired) electrons. The zero-order valence-corrected chi connectivity index (χ0v) is 12.4. The molecule has 1 nitrogen and oxygen atoms in total. The van der Waals surface area contributed by atoms with Crippen molar-refractivity contribution in [3.8, 4) is 11.1 Å². The van der Waals surface area contributed by atoms with Crippen molar-refractivity contribution in [2.75, 3.05) is 0 Å². The van der Waals surface area contributed by atoms with Crippen LogP contribution in [0.1, 0.15) is 29.9 Å². The van der Waals surface area contributed by atoms with Crippen LogP contribution in [0.15, 0.2) is 29.6 Å². The van der Waals surface area contributed by atoms with Gasteiger partial charge in [0.15, 0.2) is 0 Å². The van der Waals surface area contributed by atoms with Crippen molar-refractivity contribution in [2.24, 2.45) is 0 Å². The predicted molar refractivity (Wildman–Crippen MR) is 81.2 cm³/mol. The first-order chi connectivity index (χ1) is 8.58. The minimum Gasteiger partial charge on any atom is -0.310 e. The lowest BCUT2D eigenvalue weighted by atomic mass is 10.0. The highest BCUT2D eigenvalue weighted by Crippen LogP contribution is 2.32. The van der Waals surface area contributed by atoms with Crippen molar-refractivity contribution >= 4 is 11.3 Å². The summed E-state index contributed by atoms with van der Waals surface area (Å²) >= 11 is 1.84. The molecule has 0 aliphatic heterocycles. The van der Waals surface area contributed by atoms with Gasteiger partial charge in [-0.1, -0.05) is 43.7 Å². The maximum absolute atomic E-state index is 3.50. The molecule has 1 N–H and O–H groups in total. The first-order valence-electron chi connectivity index (χ1n) is 6.45. The van der Waals surface area contributed by atoms with Gasteiger partial charge in [0.1, 0.15) is 0 Å². The Bertz CT molecular complexity index is 508. The predicted octanol–water partition coefficient (Wildman–Crippen LogP) is 4.53. The summed E-state index contributed by atoms with van der Waals surface area (Å²) in [7, 11) is 0. The smallest absolute Gasteiger partial charge is 0.0222 e. The van der Waals surface area contributed by atoms with Crippen molar-refractivity contribution in [1.29, 1.82) is 0 Å². The summed E-state index contributed by atoms with van der Waals surface area (Å²) in [5.41, 5.74) is 5.47. The fourth-order valence-electron chi connectivity index (χ4n) is 2.06. The number of hydrogen-bond donors (Lipinski definition) is 1. The molecule has 0 fully saturated rings. The Balaban J connectivity index is 2.31. The van der Waals surface area contributed by atoms with Crippen molar-refractivity contribution in [2.45, 2.75) is 40.3 Å². The van der Waals surface area contributed by atoms with Crippen molar-refractivity contribution in [3.63, 3.8) is 0 Å². The van der Waals surface area contributed by atoms with Crippen LogP contribution in [0.2, 0.25) is 0 Å². The number of aryl methyl sites for hydroxylation is 2. The average molecular weight is 259 g/mol. The monoisotopic (exact) mass is 259 g/mol. The van der Waals surface area contributed by atoms with Crippen LogP contribution in [0, 0.1) is 13.8 Å². The SMILES string of the molecule is Cc1ccc(-c2c(CNC(C)C)csc2C)cc1. The topological polar surface area (TPSA) is 12.0 Å². The molecule has 0 aliphatic carbocycles. The number of thiophene rings is 1. The van der Waals surface area contributed by atoms with E-state index in [-0.39, 0.29) is 0 Å². The van der Waals surface area contributed by atoms with Gasteiger partial charge in [-0.15, -0.1) is 11.3 Å². The maximum atomic E-state index is 3.50. The van der Waals surface area contributed by atoms with E-state index in [0.717, 1.165) is 6.54 Å². The molecule has 2 aromatic rings. The first kappa shape index (κ1) is 13.3. The fourth-order valence-corrected chi connectivity index (χ4v) is 2.94. The van der Waals surface area contributed by atoms with E-state index < -0.39 is 0 Å². The second kappa shape index (κ2) is 5.68. The molecule has 1 aromatic carbocycles. The second-order valence-electron chi connectivity index (χ2n) is 5.09. The summed E-state index contributed by atoms with van der Waals surface area (Å²) in [5.74, 6) is 0. The van der Waals surface area contributed by atoms with E-state index in [1.165, 1.54) is 27.1 Å². The molecule has 0 saturated heterocycles. The van der Waals surface area contributed by atoms with Gasteiger partial charge in [0.05, 0.1) is 0 Å². The summed E-state index contributed by atoms with van der Waals surface area (Å²) in [6, 6.07) is 9.35. The summed E-state index contributed by atoms with van der Waals surface area (Å²) in [6.07, 6.45) is 0. The third kappa shape index (κ3) is 3.01. The Labute approximate surface area is 114 Å². The van der Waals surface area contributed by atoms with Crippen LogP contribution in [0.3, 0.4) is 0 Å². The highest BCUT2D eigenvalue weighted by molar-refractivity contribution is 7.10. The van der Waals surface area contributed by atoms with Gasteiger partial charge < -0.3 is 5.32 Å². The summed E-state index contributed by atoms with van der Waals surface area (Å²) in [4.78, 5) is 1.40. The van der Waals surface area contributed by atoms with E-state index in [9.17, 15) is 0 Å². The molecule has 0 saturated carbocycles. The molecule has 2 rings (SSSR count). The van der Waals surface area contributed by atoms with Gasteiger partial charge in [-0.3, -0.25) is 0 Å². The van der Waals surface area contributed by atoms with Gasteiger partial charge in [-0.25, -0.2) is 0 Å². The van der Waals surface area contributed by atoms with Gasteiger partial charge in [0.2, 0.25) is 0 Å². The standard InChI is InChI=1S/C16H21NS/c1-11(2)17-9-15-10-18-13(4)16(15)14-7-5-12(3)6-8-14/h5-8,10-11,17H,9H2,1-4H3. The van der Waals surface area contributed by atoms with Crippen molar-refractivity contribution in [1.82, 2.24) is 5.32 Å². The third-order valence-electron chi connectivity index (χ3n) is 3.09. The second-order valence-corrected chi connectivity index (χ2v) is 6.18. The summed E-state index contributed by atoms with van der Waals surface area (Å²) in [6.45, 7) is 9.66. The molecule has 0 aliphatic rings. The van der Waals surface area contributed by atoms with Crippen LogP contribution in [0.4, 0.5) is 0 Å². The molecule has 0 amide bonds. The quantitative estimate of drug-likeness (QED) is 0.850. The number of benzene rings is 1.